The average molecular weight is 248 g/mol. The first-order chi connectivity index (χ1) is 8.24. The molecule has 0 atom stereocenters. The Balaban J connectivity index is 2.65. The number of carbonyl (C=O) groups is 1. The number of aliphatic hydroxyl groups is 1. The Morgan fingerprint density at radius 3 is 2.88 bits per heavy atom. The van der Waals surface area contributed by atoms with Crippen LogP contribution in [0.5, 0.6) is 0 Å². The lowest BCUT2D eigenvalue weighted by molar-refractivity contribution is -0.109. The van der Waals surface area contributed by atoms with Gasteiger partial charge in [0.2, 0.25) is 0 Å². The van der Waals surface area contributed by atoms with Crippen LogP contribution in [0.4, 0.5) is 0 Å². The summed E-state index contributed by atoms with van der Waals surface area (Å²) in [7, 11) is 0. The van der Waals surface area contributed by atoms with Crippen LogP contribution in [0.2, 0.25) is 0 Å². The molecule has 0 amide bonds. The van der Waals surface area contributed by atoms with Gasteiger partial charge in [0.15, 0.2) is 5.12 Å². The lowest BCUT2D eigenvalue weighted by Crippen LogP contribution is -1.93. The number of thioether (sulfide) groups is 1. The van der Waals surface area contributed by atoms with Crippen molar-refractivity contribution in [2.75, 3.05) is 12.4 Å². The third-order valence-corrected chi connectivity index (χ3v) is 2.89. The standard InChI is InChI=1S/C14H16O2S/c1-12(16)17-11-5-9-14-7-3-2-6-13(14)8-4-10-15/h2-3,6-7,15H,4,8,10-11H2,1H3. The Bertz CT molecular complexity index is 429. The number of aliphatic hydroxyl groups excluding tert-OH is 1. The molecule has 0 heterocycles. The van der Waals surface area contributed by atoms with E-state index >= 15 is 0 Å². The number of carbonyl (C=O) groups excluding carboxylic acids is 1. The Morgan fingerprint density at radius 1 is 1.41 bits per heavy atom. The minimum Gasteiger partial charge on any atom is -0.396 e. The van der Waals surface area contributed by atoms with Gasteiger partial charge in [-0.05, 0) is 24.5 Å². The van der Waals surface area contributed by atoms with E-state index < -0.39 is 0 Å². The SMILES string of the molecule is CC(=O)SCC#Cc1ccccc1CCCO. The highest BCUT2D eigenvalue weighted by Crippen LogP contribution is 2.10. The second-order valence-electron chi connectivity index (χ2n) is 3.57. The van der Waals surface area contributed by atoms with Crippen LogP contribution in [0, 0.1) is 11.8 Å². The molecule has 1 rings (SSSR count). The highest BCUT2D eigenvalue weighted by atomic mass is 32.2. The zero-order valence-corrected chi connectivity index (χ0v) is 10.7. The minimum absolute atomic E-state index is 0.0906. The molecule has 0 fully saturated rings. The molecule has 0 aromatic heterocycles. The van der Waals surface area contributed by atoms with Crippen molar-refractivity contribution in [2.45, 2.75) is 19.8 Å². The van der Waals surface area contributed by atoms with E-state index in [1.165, 1.54) is 11.8 Å². The maximum atomic E-state index is 10.7. The summed E-state index contributed by atoms with van der Waals surface area (Å²) in [4.78, 5) is 10.7. The molecule has 2 nitrogen and oxygen atoms in total. The molecule has 0 unspecified atom stereocenters. The van der Waals surface area contributed by atoms with E-state index in [1.807, 2.05) is 24.3 Å². The van der Waals surface area contributed by atoms with Gasteiger partial charge in [-0.25, -0.2) is 0 Å². The smallest absolute Gasteiger partial charge is 0.186 e. The first-order valence-electron chi connectivity index (χ1n) is 5.55. The predicted octanol–water partition coefficient (Wildman–Crippen LogP) is 2.24. The van der Waals surface area contributed by atoms with E-state index in [9.17, 15) is 4.79 Å². The van der Waals surface area contributed by atoms with Crippen LogP contribution in [-0.4, -0.2) is 22.6 Å². The summed E-state index contributed by atoms with van der Waals surface area (Å²) in [6.07, 6.45) is 1.59. The van der Waals surface area contributed by atoms with Gasteiger partial charge < -0.3 is 5.11 Å². The molecule has 0 aliphatic carbocycles. The Labute approximate surface area is 106 Å². The summed E-state index contributed by atoms with van der Waals surface area (Å²) in [6, 6.07) is 7.92. The van der Waals surface area contributed by atoms with Crippen molar-refractivity contribution in [3.63, 3.8) is 0 Å². The Hall–Kier alpha value is -1.24. The third kappa shape index (κ3) is 5.58. The number of rotatable bonds is 4. The van der Waals surface area contributed by atoms with Gasteiger partial charge in [0.05, 0.1) is 5.75 Å². The van der Waals surface area contributed by atoms with Crippen molar-refractivity contribution in [3.05, 3.63) is 35.4 Å². The van der Waals surface area contributed by atoms with Crippen LogP contribution in [0.1, 0.15) is 24.5 Å². The van der Waals surface area contributed by atoms with Crippen LogP contribution in [0.3, 0.4) is 0 Å². The van der Waals surface area contributed by atoms with Gasteiger partial charge in [-0.1, -0.05) is 41.8 Å². The summed E-state index contributed by atoms with van der Waals surface area (Å²) in [6.45, 7) is 1.74. The summed E-state index contributed by atoms with van der Waals surface area (Å²) < 4.78 is 0. The fourth-order valence-electron chi connectivity index (χ4n) is 1.40. The fraction of sp³-hybridized carbons (Fsp3) is 0.357. The van der Waals surface area contributed by atoms with E-state index in [0.29, 0.717) is 5.75 Å². The van der Waals surface area contributed by atoms with Crippen LogP contribution in [-0.2, 0) is 11.2 Å². The van der Waals surface area contributed by atoms with E-state index in [-0.39, 0.29) is 11.7 Å². The summed E-state index contributed by atoms with van der Waals surface area (Å²) >= 11 is 1.22. The number of benzene rings is 1. The van der Waals surface area contributed by atoms with Gasteiger partial charge in [-0.15, -0.1) is 0 Å². The lowest BCUT2D eigenvalue weighted by atomic mass is 10.0. The van der Waals surface area contributed by atoms with Gasteiger partial charge in [0.1, 0.15) is 0 Å². The van der Waals surface area contributed by atoms with Crippen LogP contribution >= 0.6 is 11.8 Å². The highest BCUT2D eigenvalue weighted by molar-refractivity contribution is 8.13. The monoisotopic (exact) mass is 248 g/mol. The summed E-state index contributed by atoms with van der Waals surface area (Å²) in [5.74, 6) is 6.58. The molecule has 90 valence electrons. The van der Waals surface area contributed by atoms with Crippen molar-refractivity contribution in [2.24, 2.45) is 0 Å². The topological polar surface area (TPSA) is 37.3 Å². The highest BCUT2D eigenvalue weighted by Gasteiger charge is 1.98. The van der Waals surface area contributed by atoms with Crippen molar-refractivity contribution >= 4 is 16.9 Å². The molecule has 0 saturated heterocycles. The molecule has 1 N–H and O–H groups in total. The maximum absolute atomic E-state index is 10.7. The molecular formula is C14H16O2S. The van der Waals surface area contributed by atoms with E-state index in [1.54, 1.807) is 6.92 Å². The normalized spacial score (nSPS) is 9.53. The van der Waals surface area contributed by atoms with Crippen molar-refractivity contribution in [1.82, 2.24) is 0 Å². The van der Waals surface area contributed by atoms with Gasteiger partial charge in [0.25, 0.3) is 0 Å². The molecule has 17 heavy (non-hydrogen) atoms. The summed E-state index contributed by atoms with van der Waals surface area (Å²) in [5.41, 5.74) is 2.15. The number of aryl methyl sites for hydroxylation is 1. The zero-order valence-electron chi connectivity index (χ0n) is 9.90. The van der Waals surface area contributed by atoms with Crippen LogP contribution < -0.4 is 0 Å². The van der Waals surface area contributed by atoms with Crippen LogP contribution in [0.25, 0.3) is 0 Å². The largest absolute Gasteiger partial charge is 0.396 e. The van der Waals surface area contributed by atoms with E-state index in [0.717, 1.165) is 24.0 Å². The fourth-order valence-corrected chi connectivity index (χ4v) is 1.75. The summed E-state index contributed by atoms with van der Waals surface area (Å²) in [5, 5.41) is 8.91. The number of hydrogen-bond donors (Lipinski definition) is 1. The Morgan fingerprint density at radius 2 is 2.18 bits per heavy atom. The Kier molecular flexibility index (Phi) is 6.46. The first-order valence-corrected chi connectivity index (χ1v) is 6.53. The molecule has 0 saturated carbocycles. The van der Waals surface area contributed by atoms with E-state index in [2.05, 4.69) is 11.8 Å². The molecular weight excluding hydrogens is 232 g/mol. The van der Waals surface area contributed by atoms with Gasteiger partial charge in [0, 0.05) is 19.1 Å². The zero-order chi connectivity index (χ0) is 12.5. The van der Waals surface area contributed by atoms with E-state index in [4.69, 9.17) is 5.11 Å². The van der Waals surface area contributed by atoms with Crippen LogP contribution in [0.15, 0.2) is 24.3 Å². The van der Waals surface area contributed by atoms with Gasteiger partial charge in [-0.3, -0.25) is 4.79 Å². The molecule has 1 aromatic rings. The van der Waals surface area contributed by atoms with Crippen molar-refractivity contribution in [3.8, 4) is 11.8 Å². The first kappa shape index (κ1) is 13.8. The molecule has 0 spiro atoms. The maximum Gasteiger partial charge on any atom is 0.186 e. The van der Waals surface area contributed by atoms with Gasteiger partial charge in [-0.2, -0.15) is 0 Å². The predicted molar refractivity (Wildman–Crippen MR) is 71.9 cm³/mol. The molecule has 0 aliphatic heterocycles. The second-order valence-corrected chi connectivity index (χ2v) is 4.72. The van der Waals surface area contributed by atoms with Crippen molar-refractivity contribution in [1.29, 1.82) is 0 Å². The quantitative estimate of drug-likeness (QED) is 0.830. The molecule has 1 aromatic carbocycles. The van der Waals surface area contributed by atoms with Gasteiger partial charge >= 0.3 is 0 Å². The number of hydrogen-bond acceptors (Lipinski definition) is 3. The minimum atomic E-state index is 0.0906. The molecule has 3 heteroatoms. The lowest BCUT2D eigenvalue weighted by Gasteiger charge is -2.02. The molecule has 0 radical (unpaired) electrons. The third-order valence-electron chi connectivity index (χ3n) is 2.19. The molecule has 0 bridgehead atoms. The van der Waals surface area contributed by atoms with Crippen molar-refractivity contribution < 1.29 is 9.90 Å². The second kappa shape index (κ2) is 7.94. The average Bonchev–Trinajstić information content (AvgIpc) is 2.33. The molecule has 0 aliphatic rings.